The summed E-state index contributed by atoms with van der Waals surface area (Å²) in [6.07, 6.45) is -0.510. The van der Waals surface area contributed by atoms with E-state index < -0.39 is 23.3 Å². The third kappa shape index (κ3) is 3.97. The van der Waals surface area contributed by atoms with E-state index in [1.165, 1.54) is 12.1 Å². The highest BCUT2D eigenvalue weighted by atomic mass is 32.2. The molecule has 1 aliphatic rings. The van der Waals surface area contributed by atoms with Gasteiger partial charge in [0, 0.05) is 6.54 Å². The molecule has 6 nitrogen and oxygen atoms in total. The molecule has 2 aromatic rings. The van der Waals surface area contributed by atoms with E-state index in [1.54, 1.807) is 29.8 Å². The summed E-state index contributed by atoms with van der Waals surface area (Å²) < 4.78 is 35.6. The third-order valence-electron chi connectivity index (χ3n) is 4.04. The van der Waals surface area contributed by atoms with Gasteiger partial charge in [0.05, 0.1) is 10.6 Å². The molecule has 0 bridgehead atoms. The van der Waals surface area contributed by atoms with Gasteiger partial charge in [-0.2, -0.15) is 8.42 Å². The van der Waals surface area contributed by atoms with Crippen molar-refractivity contribution in [3.63, 3.8) is 0 Å². The van der Waals surface area contributed by atoms with E-state index in [-0.39, 0.29) is 11.5 Å². The van der Waals surface area contributed by atoms with Crippen LogP contribution in [0.4, 0.5) is 5.69 Å². The number of anilines is 1. The maximum Gasteiger partial charge on any atom is 0.409 e. The third-order valence-corrected chi connectivity index (χ3v) is 5.33. The normalized spacial score (nSPS) is 16.9. The number of ether oxygens (including phenoxy) is 1. The molecule has 1 N–H and O–H groups in total. The van der Waals surface area contributed by atoms with Gasteiger partial charge in [-0.1, -0.05) is 29.8 Å². The van der Waals surface area contributed by atoms with E-state index in [4.69, 9.17) is 8.92 Å². The minimum Gasteiger partial charge on any atom is -0.484 e. The Bertz CT molecular complexity index is 838. The van der Waals surface area contributed by atoms with Gasteiger partial charge in [0.15, 0.2) is 0 Å². The Morgan fingerprint density at radius 3 is 2.60 bits per heavy atom. The molecule has 1 heterocycles. The first-order valence-corrected chi connectivity index (χ1v) is 9.44. The summed E-state index contributed by atoms with van der Waals surface area (Å²) in [5.41, 5.74) is 1.74. The van der Waals surface area contributed by atoms with E-state index in [9.17, 15) is 13.4 Å². The van der Waals surface area contributed by atoms with Crippen molar-refractivity contribution >= 4 is 22.9 Å². The lowest BCUT2D eigenvalue weighted by Crippen LogP contribution is -2.48. The molecule has 0 spiro atoms. The van der Waals surface area contributed by atoms with Crippen molar-refractivity contribution in [1.29, 1.82) is 0 Å². The van der Waals surface area contributed by atoms with Crippen LogP contribution in [0.15, 0.2) is 53.4 Å². The van der Waals surface area contributed by atoms with Crippen LogP contribution in [-0.4, -0.2) is 39.7 Å². The topological polar surface area (TPSA) is 76.1 Å². The second kappa shape index (κ2) is 7.07. The van der Waals surface area contributed by atoms with Gasteiger partial charge in [0.25, 0.3) is 10.1 Å². The number of fused-ring (bicyclic) bond motifs is 1. The fraction of sp³-hybridized carbons (Fsp3) is 0.294. The lowest BCUT2D eigenvalue weighted by Gasteiger charge is -2.36. The van der Waals surface area contributed by atoms with Crippen LogP contribution in [0.2, 0.25) is 6.82 Å². The number of para-hydroxylation sites is 2. The molecule has 25 heavy (non-hydrogen) atoms. The molecule has 0 fully saturated rings. The van der Waals surface area contributed by atoms with E-state index in [0.717, 1.165) is 11.3 Å². The zero-order chi connectivity index (χ0) is 18.0. The number of benzene rings is 2. The van der Waals surface area contributed by atoms with Gasteiger partial charge in [-0.25, -0.2) is 0 Å². The minimum atomic E-state index is -3.85. The first kappa shape index (κ1) is 17.8. The number of nitrogens with zero attached hydrogens (tertiary/aromatic N) is 1. The SMILES string of the molecule is CB(O)N1CC(COS(=O)(=O)c2ccc(C)cc2)Oc2ccccc21. The van der Waals surface area contributed by atoms with Gasteiger partial charge in [0.1, 0.15) is 18.5 Å². The van der Waals surface area contributed by atoms with E-state index in [0.29, 0.717) is 12.3 Å². The molecule has 0 aromatic heterocycles. The highest BCUT2D eigenvalue weighted by molar-refractivity contribution is 7.86. The van der Waals surface area contributed by atoms with Crippen molar-refractivity contribution in [3.05, 3.63) is 54.1 Å². The molecule has 3 rings (SSSR count). The molecular formula is C17H20BNO5S. The fourth-order valence-corrected chi connectivity index (χ4v) is 3.64. The standard InChI is InChI=1S/C17H20BNO5S/c1-13-7-9-15(10-8-13)25(21,22)23-12-14-11-19(18(2)20)16-5-3-4-6-17(16)24-14/h3-10,14,20H,11-12H2,1-2H3. The Morgan fingerprint density at radius 2 is 1.92 bits per heavy atom. The maximum atomic E-state index is 12.3. The van der Waals surface area contributed by atoms with Crippen LogP contribution in [0.25, 0.3) is 0 Å². The molecule has 1 aliphatic heterocycles. The smallest absolute Gasteiger partial charge is 0.409 e. The average molecular weight is 361 g/mol. The molecule has 0 aliphatic carbocycles. The summed E-state index contributed by atoms with van der Waals surface area (Å²) in [6.45, 7) is 3.74. The zero-order valence-corrected chi connectivity index (χ0v) is 14.9. The number of hydrogen-bond donors (Lipinski definition) is 1. The predicted octanol–water partition coefficient (Wildman–Crippen LogP) is 2.08. The van der Waals surface area contributed by atoms with Gasteiger partial charge >= 0.3 is 7.05 Å². The fourth-order valence-electron chi connectivity index (χ4n) is 2.71. The van der Waals surface area contributed by atoms with Crippen molar-refractivity contribution in [1.82, 2.24) is 0 Å². The van der Waals surface area contributed by atoms with Crippen molar-refractivity contribution < 1.29 is 22.4 Å². The first-order chi connectivity index (χ1) is 11.9. The van der Waals surface area contributed by atoms with E-state index in [2.05, 4.69) is 0 Å². The summed E-state index contributed by atoms with van der Waals surface area (Å²) in [5, 5.41) is 9.99. The Balaban J connectivity index is 1.72. The van der Waals surface area contributed by atoms with Crippen LogP contribution in [0.5, 0.6) is 5.75 Å². The van der Waals surface area contributed by atoms with Crippen LogP contribution >= 0.6 is 0 Å². The van der Waals surface area contributed by atoms with Gasteiger partial charge in [-0.15, -0.1) is 0 Å². The summed E-state index contributed by atoms with van der Waals surface area (Å²) in [6, 6.07) is 13.8. The maximum absolute atomic E-state index is 12.3. The van der Waals surface area contributed by atoms with Gasteiger partial charge in [-0.3, -0.25) is 4.18 Å². The molecular weight excluding hydrogens is 341 g/mol. The van der Waals surface area contributed by atoms with Gasteiger partial charge < -0.3 is 14.6 Å². The van der Waals surface area contributed by atoms with Crippen LogP contribution in [0.3, 0.4) is 0 Å². The van der Waals surface area contributed by atoms with Crippen molar-refractivity contribution in [2.45, 2.75) is 24.7 Å². The Hall–Kier alpha value is -2.03. The summed E-state index contributed by atoms with van der Waals surface area (Å²) in [5.74, 6) is 0.594. The number of hydrogen-bond acceptors (Lipinski definition) is 6. The van der Waals surface area contributed by atoms with Gasteiger partial charge in [0.2, 0.25) is 0 Å². The summed E-state index contributed by atoms with van der Waals surface area (Å²) >= 11 is 0. The van der Waals surface area contributed by atoms with Crippen molar-refractivity contribution in [2.24, 2.45) is 0 Å². The molecule has 1 unspecified atom stereocenters. The highest BCUT2D eigenvalue weighted by Crippen LogP contribution is 2.33. The van der Waals surface area contributed by atoms with Gasteiger partial charge in [-0.05, 0) is 38.0 Å². The zero-order valence-electron chi connectivity index (χ0n) is 14.1. The van der Waals surface area contributed by atoms with Crippen LogP contribution < -0.4 is 9.55 Å². The second-order valence-corrected chi connectivity index (χ2v) is 7.66. The molecule has 0 saturated heterocycles. The molecule has 0 saturated carbocycles. The molecule has 0 radical (unpaired) electrons. The minimum absolute atomic E-state index is 0.113. The Morgan fingerprint density at radius 1 is 1.24 bits per heavy atom. The summed E-state index contributed by atoms with van der Waals surface area (Å²) in [7, 11) is -4.57. The van der Waals surface area contributed by atoms with E-state index >= 15 is 0 Å². The largest absolute Gasteiger partial charge is 0.484 e. The lowest BCUT2D eigenvalue weighted by molar-refractivity contribution is 0.131. The monoisotopic (exact) mass is 361 g/mol. The van der Waals surface area contributed by atoms with Crippen LogP contribution in [-0.2, 0) is 14.3 Å². The number of aryl methyl sites for hydroxylation is 1. The van der Waals surface area contributed by atoms with Crippen molar-refractivity contribution in [2.75, 3.05) is 18.0 Å². The summed E-state index contributed by atoms with van der Waals surface area (Å²) in [4.78, 5) is 1.87. The molecule has 8 heteroatoms. The Kier molecular flexibility index (Phi) is 5.03. The van der Waals surface area contributed by atoms with Crippen molar-refractivity contribution in [3.8, 4) is 5.75 Å². The second-order valence-electron chi connectivity index (χ2n) is 6.04. The highest BCUT2D eigenvalue weighted by Gasteiger charge is 2.31. The lowest BCUT2D eigenvalue weighted by atomic mass is 9.83. The molecule has 132 valence electrons. The van der Waals surface area contributed by atoms with Crippen LogP contribution in [0.1, 0.15) is 5.56 Å². The quantitative estimate of drug-likeness (QED) is 0.649. The van der Waals surface area contributed by atoms with E-state index in [1.807, 2.05) is 25.1 Å². The molecule has 2 aromatic carbocycles. The average Bonchev–Trinajstić information content (AvgIpc) is 2.59. The molecule has 1 atom stereocenters. The molecule has 0 amide bonds. The van der Waals surface area contributed by atoms with Crippen LogP contribution in [0, 0.1) is 6.92 Å². The number of rotatable bonds is 5. The first-order valence-electron chi connectivity index (χ1n) is 8.03. The Labute approximate surface area is 148 Å². The predicted molar refractivity (Wildman–Crippen MR) is 96.4 cm³/mol.